The van der Waals surface area contributed by atoms with Gasteiger partial charge < -0.3 is 29.2 Å². The van der Waals surface area contributed by atoms with E-state index in [-0.39, 0.29) is 5.69 Å². The van der Waals surface area contributed by atoms with Crippen LogP contribution in [0.2, 0.25) is 25.7 Å². The van der Waals surface area contributed by atoms with Gasteiger partial charge in [-0.1, -0.05) is 25.7 Å². The number of nitro benzene ring substituents is 1. The number of anilines is 3. The second kappa shape index (κ2) is 12.2. The van der Waals surface area contributed by atoms with Crippen molar-refractivity contribution in [3.8, 4) is 11.6 Å². The molecular weight excluding hydrogens is 538 g/mol. The van der Waals surface area contributed by atoms with Crippen molar-refractivity contribution >= 4 is 42.1 Å². The van der Waals surface area contributed by atoms with Gasteiger partial charge in [-0.05, 0) is 49.5 Å². The van der Waals surface area contributed by atoms with Crippen LogP contribution >= 0.6 is 0 Å². The van der Waals surface area contributed by atoms with E-state index >= 15 is 0 Å². The molecule has 0 amide bonds. The highest BCUT2D eigenvalue weighted by Crippen LogP contribution is 2.32. The SMILES string of the molecule is CN1CCN(c2ccc(Nc3nc(Oc4cccc([N+](=O)[O-])c4)c4ccn(COCC[Si](C)(C)C)c4n3)cc2)CC1. The minimum absolute atomic E-state index is 0.0556. The Morgan fingerprint density at radius 2 is 1.78 bits per heavy atom. The average Bonchev–Trinajstić information content (AvgIpc) is 3.35. The minimum Gasteiger partial charge on any atom is -0.438 e. The zero-order valence-corrected chi connectivity index (χ0v) is 25.0. The van der Waals surface area contributed by atoms with Crippen LogP contribution in [0.1, 0.15) is 0 Å². The second-order valence-corrected chi connectivity index (χ2v) is 17.2. The average molecular weight is 576 g/mol. The van der Waals surface area contributed by atoms with E-state index in [1.807, 2.05) is 29.0 Å². The van der Waals surface area contributed by atoms with Gasteiger partial charge in [0.2, 0.25) is 11.8 Å². The number of likely N-dealkylation sites (N-methyl/N-ethyl adjacent to an activating group) is 1. The Balaban J connectivity index is 1.40. The molecule has 1 aliphatic heterocycles. The van der Waals surface area contributed by atoms with Crippen LogP contribution in [0.4, 0.5) is 23.0 Å². The molecule has 2 aromatic carbocycles. The summed E-state index contributed by atoms with van der Waals surface area (Å²) < 4.78 is 14.0. The Hall–Kier alpha value is -4.00. The van der Waals surface area contributed by atoms with Gasteiger partial charge in [0, 0.05) is 64.5 Å². The first-order chi connectivity index (χ1) is 19.6. The molecule has 0 atom stereocenters. The zero-order chi connectivity index (χ0) is 29.0. The second-order valence-electron chi connectivity index (χ2n) is 11.5. The fraction of sp³-hybridized carbons (Fsp3) is 0.379. The van der Waals surface area contributed by atoms with Crippen LogP contribution in [0, 0.1) is 10.1 Å². The number of nitrogens with one attached hydrogen (secondary N) is 1. The van der Waals surface area contributed by atoms with E-state index in [1.54, 1.807) is 12.1 Å². The van der Waals surface area contributed by atoms with Crippen LogP contribution in [0.15, 0.2) is 60.8 Å². The molecule has 11 nitrogen and oxygen atoms in total. The maximum atomic E-state index is 11.3. The summed E-state index contributed by atoms with van der Waals surface area (Å²) in [5.41, 5.74) is 2.61. The van der Waals surface area contributed by atoms with Gasteiger partial charge in [-0.3, -0.25) is 10.1 Å². The summed E-state index contributed by atoms with van der Waals surface area (Å²) in [5, 5.41) is 15.3. The number of hydrogen-bond donors (Lipinski definition) is 1. The fourth-order valence-electron chi connectivity index (χ4n) is 4.54. The lowest BCUT2D eigenvalue weighted by molar-refractivity contribution is -0.384. The third kappa shape index (κ3) is 7.40. The molecule has 5 rings (SSSR count). The molecule has 1 N–H and O–H groups in total. The minimum atomic E-state index is -1.21. The molecule has 0 unspecified atom stereocenters. The summed E-state index contributed by atoms with van der Waals surface area (Å²) in [4.78, 5) is 25.0. The summed E-state index contributed by atoms with van der Waals surface area (Å²) in [5.74, 6) is 0.973. The van der Waals surface area contributed by atoms with Crippen molar-refractivity contribution in [2.45, 2.75) is 32.4 Å². The summed E-state index contributed by atoms with van der Waals surface area (Å²) in [6, 6.07) is 17.2. The lowest BCUT2D eigenvalue weighted by Crippen LogP contribution is -2.44. The van der Waals surface area contributed by atoms with Gasteiger partial charge in [0.15, 0.2) is 5.65 Å². The van der Waals surface area contributed by atoms with Crippen LogP contribution in [0.3, 0.4) is 0 Å². The monoisotopic (exact) mass is 575 g/mol. The Labute approximate surface area is 240 Å². The molecule has 0 aliphatic carbocycles. The van der Waals surface area contributed by atoms with Crippen molar-refractivity contribution in [2.75, 3.05) is 50.1 Å². The first kappa shape index (κ1) is 28.5. The third-order valence-corrected chi connectivity index (χ3v) is 8.75. The molecule has 0 saturated carbocycles. The van der Waals surface area contributed by atoms with Gasteiger partial charge in [0.1, 0.15) is 12.5 Å². The van der Waals surface area contributed by atoms with Crippen LogP contribution in [0.25, 0.3) is 11.0 Å². The number of non-ortho nitro benzene ring substituents is 1. The standard InChI is InChI=1S/C29H37N7O4Si/c1-33-14-16-34(17-15-33)23-10-8-22(9-11-23)30-29-31-27-26(12-13-35(27)21-39-18-19-41(2,3)4)28(32-29)40-25-7-5-6-24(20-25)36(37)38/h5-13,20H,14-19,21H2,1-4H3,(H,30,31,32). The molecule has 0 radical (unpaired) electrons. The normalized spacial score (nSPS) is 14.4. The molecule has 0 spiro atoms. The number of aromatic nitrogens is 3. The molecule has 12 heteroatoms. The maximum absolute atomic E-state index is 11.3. The van der Waals surface area contributed by atoms with Gasteiger partial charge in [-0.25, -0.2) is 0 Å². The lowest BCUT2D eigenvalue weighted by Gasteiger charge is -2.34. The van der Waals surface area contributed by atoms with E-state index in [4.69, 9.17) is 14.5 Å². The summed E-state index contributed by atoms with van der Waals surface area (Å²) in [6.07, 6.45) is 1.89. The van der Waals surface area contributed by atoms with Crippen molar-refractivity contribution < 1.29 is 14.4 Å². The number of ether oxygens (including phenoxy) is 2. The number of piperazine rings is 1. The molecule has 0 bridgehead atoms. The van der Waals surface area contributed by atoms with E-state index < -0.39 is 13.0 Å². The Kier molecular flexibility index (Phi) is 8.52. The van der Waals surface area contributed by atoms with Gasteiger partial charge in [0.05, 0.1) is 16.4 Å². The fourth-order valence-corrected chi connectivity index (χ4v) is 5.29. The molecular formula is C29H37N7O4Si. The van der Waals surface area contributed by atoms with Crippen LogP contribution in [-0.2, 0) is 11.5 Å². The van der Waals surface area contributed by atoms with Crippen LogP contribution in [0.5, 0.6) is 11.6 Å². The van der Waals surface area contributed by atoms with Gasteiger partial charge in [0.25, 0.3) is 5.69 Å². The van der Waals surface area contributed by atoms with Crippen molar-refractivity contribution in [3.05, 3.63) is 70.9 Å². The largest absolute Gasteiger partial charge is 0.438 e. The van der Waals surface area contributed by atoms with Crippen molar-refractivity contribution in [1.29, 1.82) is 0 Å². The topological polar surface area (TPSA) is 111 Å². The first-order valence-electron chi connectivity index (χ1n) is 13.8. The summed E-state index contributed by atoms with van der Waals surface area (Å²) in [6.45, 7) is 12.1. The Morgan fingerprint density at radius 1 is 1.02 bits per heavy atom. The quantitative estimate of drug-likeness (QED) is 0.101. The highest BCUT2D eigenvalue weighted by Gasteiger charge is 2.18. The maximum Gasteiger partial charge on any atom is 0.273 e. The number of benzene rings is 2. The smallest absolute Gasteiger partial charge is 0.273 e. The molecule has 41 heavy (non-hydrogen) atoms. The van der Waals surface area contributed by atoms with Gasteiger partial charge in [-0.2, -0.15) is 9.97 Å². The van der Waals surface area contributed by atoms with Gasteiger partial charge in [-0.15, -0.1) is 0 Å². The Morgan fingerprint density at radius 3 is 2.49 bits per heavy atom. The zero-order valence-electron chi connectivity index (χ0n) is 24.0. The molecule has 1 saturated heterocycles. The van der Waals surface area contributed by atoms with E-state index in [1.165, 1.54) is 17.8 Å². The molecule has 2 aromatic heterocycles. The summed E-state index contributed by atoms with van der Waals surface area (Å²) >= 11 is 0. The molecule has 1 fully saturated rings. The number of fused-ring (bicyclic) bond motifs is 1. The van der Waals surface area contributed by atoms with Crippen molar-refractivity contribution in [3.63, 3.8) is 0 Å². The van der Waals surface area contributed by atoms with E-state index in [2.05, 4.69) is 58.9 Å². The number of nitro groups is 1. The van der Waals surface area contributed by atoms with Gasteiger partial charge >= 0.3 is 0 Å². The first-order valence-corrected chi connectivity index (χ1v) is 17.5. The molecule has 4 aromatic rings. The lowest BCUT2D eigenvalue weighted by atomic mass is 10.2. The third-order valence-electron chi connectivity index (χ3n) is 7.05. The molecule has 1 aliphatic rings. The predicted octanol–water partition coefficient (Wildman–Crippen LogP) is 5.94. The van der Waals surface area contributed by atoms with Crippen LogP contribution < -0.4 is 15.0 Å². The number of rotatable bonds is 11. The van der Waals surface area contributed by atoms with E-state index in [0.717, 1.165) is 37.9 Å². The molecule has 3 heterocycles. The van der Waals surface area contributed by atoms with Crippen molar-refractivity contribution in [1.82, 2.24) is 19.4 Å². The van der Waals surface area contributed by atoms with Crippen molar-refractivity contribution in [2.24, 2.45) is 0 Å². The number of hydrogen-bond acceptors (Lipinski definition) is 9. The van der Waals surface area contributed by atoms with E-state index in [0.29, 0.717) is 41.9 Å². The van der Waals surface area contributed by atoms with Crippen LogP contribution in [-0.4, -0.2) is 72.3 Å². The highest BCUT2D eigenvalue weighted by atomic mass is 28.3. The summed E-state index contributed by atoms with van der Waals surface area (Å²) in [7, 11) is 0.935. The molecule has 216 valence electrons. The Bertz CT molecular complexity index is 1500. The number of nitrogens with zero attached hydrogens (tertiary/aromatic N) is 6. The highest BCUT2D eigenvalue weighted by molar-refractivity contribution is 6.76. The predicted molar refractivity (Wildman–Crippen MR) is 164 cm³/mol. The van der Waals surface area contributed by atoms with E-state index in [9.17, 15) is 10.1 Å².